The van der Waals surface area contributed by atoms with Crippen molar-refractivity contribution >= 4 is 14.4 Å². The van der Waals surface area contributed by atoms with Crippen molar-refractivity contribution in [2.75, 3.05) is 6.16 Å². The van der Waals surface area contributed by atoms with Crippen molar-refractivity contribution in [2.24, 2.45) is 0 Å². The molecule has 1 saturated heterocycles. The van der Waals surface area contributed by atoms with E-state index in [4.69, 9.17) is 0 Å². The number of carbonyl (C=O) groups is 1. The molecule has 19 heavy (non-hydrogen) atoms. The first-order valence-corrected chi connectivity index (χ1v) is 7.90. The normalized spacial score (nSPS) is 19.5. The molecule has 1 aliphatic heterocycles. The number of Topliss-reactive ketones (excluding diaryl/α,β-unsaturated/α-hetero) is 1. The average molecular weight is 268 g/mol. The number of rotatable bonds is 2. The van der Waals surface area contributed by atoms with Crippen molar-refractivity contribution in [3.63, 3.8) is 0 Å². The summed E-state index contributed by atoms with van der Waals surface area (Å²) in [4.78, 5) is 12.0. The van der Waals surface area contributed by atoms with Crippen LogP contribution in [-0.4, -0.2) is 11.9 Å². The van der Waals surface area contributed by atoms with Crippen LogP contribution in [0.1, 0.15) is 24.0 Å². The third-order valence-corrected chi connectivity index (χ3v) is 5.68. The molecule has 1 atom stereocenters. The molecule has 0 saturated carbocycles. The van der Waals surface area contributed by atoms with Crippen LogP contribution in [0.25, 0.3) is 0 Å². The molecule has 1 aliphatic rings. The topological polar surface area (TPSA) is 17.1 Å². The van der Waals surface area contributed by atoms with Gasteiger partial charge in [-0.15, -0.1) is 8.58 Å². The lowest BCUT2D eigenvalue weighted by Gasteiger charge is -2.37. The van der Waals surface area contributed by atoms with E-state index in [0.29, 0.717) is 12.2 Å². The molecule has 1 unspecified atom stereocenters. The van der Waals surface area contributed by atoms with E-state index < -0.39 is 0 Å². The third-order valence-electron chi connectivity index (χ3n) is 3.83. The Morgan fingerprint density at radius 1 is 0.842 bits per heavy atom. The number of ketones is 1. The second-order valence-corrected chi connectivity index (χ2v) is 6.74. The van der Waals surface area contributed by atoms with Gasteiger partial charge in [0.1, 0.15) is 5.78 Å². The molecule has 2 aromatic carbocycles. The Morgan fingerprint density at radius 2 is 1.37 bits per heavy atom. The molecular weight excluding hydrogens is 251 g/mol. The maximum atomic E-state index is 12.0. The standard InChI is InChI=1S/C17H17OP/c18-16-11-12-19-17(13-16,14-7-3-1-4-8-14)15-9-5-2-6-10-15/h1-10,19H,11-13H2. The van der Waals surface area contributed by atoms with Crippen LogP contribution in [0.5, 0.6) is 0 Å². The van der Waals surface area contributed by atoms with Gasteiger partial charge in [0.25, 0.3) is 0 Å². The van der Waals surface area contributed by atoms with Gasteiger partial charge in [-0.05, 0) is 17.3 Å². The van der Waals surface area contributed by atoms with Gasteiger partial charge >= 0.3 is 0 Å². The molecule has 96 valence electrons. The van der Waals surface area contributed by atoms with Gasteiger partial charge in [0, 0.05) is 18.0 Å². The van der Waals surface area contributed by atoms with Crippen molar-refractivity contribution in [1.82, 2.24) is 0 Å². The molecule has 2 aromatic rings. The van der Waals surface area contributed by atoms with E-state index >= 15 is 0 Å². The molecule has 3 rings (SSSR count). The van der Waals surface area contributed by atoms with Gasteiger partial charge in [0.2, 0.25) is 0 Å². The highest BCUT2D eigenvalue weighted by Gasteiger charge is 2.38. The Hall–Kier alpha value is -1.46. The van der Waals surface area contributed by atoms with Gasteiger partial charge in [0.15, 0.2) is 0 Å². The zero-order valence-corrected chi connectivity index (χ0v) is 11.8. The first-order chi connectivity index (χ1) is 9.31. The minimum Gasteiger partial charge on any atom is -0.300 e. The highest BCUT2D eigenvalue weighted by atomic mass is 31.1. The fraction of sp³-hybridized carbons (Fsp3) is 0.235. The molecule has 0 aromatic heterocycles. The molecule has 0 N–H and O–H groups in total. The first kappa shape index (κ1) is 12.6. The van der Waals surface area contributed by atoms with E-state index in [0.717, 1.165) is 21.2 Å². The minimum absolute atomic E-state index is 0.0855. The Labute approximate surface area is 115 Å². The zero-order chi connectivity index (χ0) is 13.1. The van der Waals surface area contributed by atoms with Crippen LogP contribution in [0, 0.1) is 0 Å². The summed E-state index contributed by atoms with van der Waals surface area (Å²) in [6.45, 7) is 0. The van der Waals surface area contributed by atoms with Crippen molar-refractivity contribution < 1.29 is 4.79 Å². The molecule has 1 fully saturated rings. The van der Waals surface area contributed by atoms with Crippen LogP contribution in [0.4, 0.5) is 0 Å². The molecule has 2 heteroatoms. The summed E-state index contributed by atoms with van der Waals surface area (Å²) in [7, 11) is 0.783. The van der Waals surface area contributed by atoms with E-state index in [1.807, 2.05) is 12.1 Å². The smallest absolute Gasteiger partial charge is 0.134 e. The van der Waals surface area contributed by atoms with Crippen molar-refractivity contribution in [3.05, 3.63) is 71.8 Å². The molecule has 0 aliphatic carbocycles. The third kappa shape index (κ3) is 2.35. The summed E-state index contributed by atoms with van der Waals surface area (Å²) in [6.07, 6.45) is 2.42. The van der Waals surface area contributed by atoms with Gasteiger partial charge in [-0.1, -0.05) is 60.7 Å². The Kier molecular flexibility index (Phi) is 3.48. The first-order valence-electron chi connectivity index (χ1n) is 6.69. The zero-order valence-electron chi connectivity index (χ0n) is 10.8. The van der Waals surface area contributed by atoms with Gasteiger partial charge in [-0.2, -0.15) is 0 Å². The Bertz CT molecular complexity index is 523. The summed E-state index contributed by atoms with van der Waals surface area (Å²) < 4.78 is 0. The minimum atomic E-state index is -0.0855. The van der Waals surface area contributed by atoms with E-state index in [9.17, 15) is 4.79 Å². The van der Waals surface area contributed by atoms with E-state index in [1.54, 1.807) is 0 Å². The number of hydrogen-bond donors (Lipinski definition) is 0. The van der Waals surface area contributed by atoms with Crippen LogP contribution >= 0.6 is 8.58 Å². The quantitative estimate of drug-likeness (QED) is 0.753. The number of benzene rings is 2. The maximum Gasteiger partial charge on any atom is 0.134 e. The predicted molar refractivity (Wildman–Crippen MR) is 81.1 cm³/mol. The molecule has 0 amide bonds. The monoisotopic (exact) mass is 268 g/mol. The average Bonchev–Trinajstić information content (AvgIpc) is 2.49. The molecule has 0 bridgehead atoms. The van der Waals surface area contributed by atoms with Crippen LogP contribution < -0.4 is 0 Å². The van der Waals surface area contributed by atoms with Crippen LogP contribution in [-0.2, 0) is 9.95 Å². The highest BCUT2D eigenvalue weighted by molar-refractivity contribution is 7.40. The molecular formula is C17H17OP. The number of hydrogen-bond acceptors (Lipinski definition) is 1. The lowest BCUT2D eigenvalue weighted by Crippen LogP contribution is -2.30. The lowest BCUT2D eigenvalue weighted by molar-refractivity contribution is -0.119. The lowest BCUT2D eigenvalue weighted by atomic mass is 9.85. The fourth-order valence-electron chi connectivity index (χ4n) is 2.88. The van der Waals surface area contributed by atoms with Crippen molar-refractivity contribution in [2.45, 2.75) is 18.0 Å². The van der Waals surface area contributed by atoms with Gasteiger partial charge < -0.3 is 0 Å². The van der Waals surface area contributed by atoms with Gasteiger partial charge in [-0.3, -0.25) is 4.79 Å². The summed E-state index contributed by atoms with van der Waals surface area (Å²) >= 11 is 0. The maximum absolute atomic E-state index is 12.0. The van der Waals surface area contributed by atoms with Gasteiger partial charge in [0.05, 0.1) is 0 Å². The molecule has 0 spiro atoms. The SMILES string of the molecule is O=C1CCPC(c2ccccc2)(c2ccccc2)C1. The van der Waals surface area contributed by atoms with Crippen molar-refractivity contribution in [1.29, 1.82) is 0 Å². The van der Waals surface area contributed by atoms with E-state index in [2.05, 4.69) is 48.5 Å². The van der Waals surface area contributed by atoms with E-state index in [1.165, 1.54) is 11.1 Å². The molecule has 0 radical (unpaired) electrons. The van der Waals surface area contributed by atoms with Crippen molar-refractivity contribution in [3.8, 4) is 0 Å². The van der Waals surface area contributed by atoms with Gasteiger partial charge in [-0.25, -0.2) is 0 Å². The summed E-state index contributed by atoms with van der Waals surface area (Å²) in [5.41, 5.74) is 2.57. The summed E-state index contributed by atoms with van der Waals surface area (Å²) in [6, 6.07) is 21.0. The summed E-state index contributed by atoms with van der Waals surface area (Å²) in [5.74, 6) is 0.395. The predicted octanol–water partition coefficient (Wildman–Crippen LogP) is 3.97. The van der Waals surface area contributed by atoms with Crippen LogP contribution in [0.15, 0.2) is 60.7 Å². The highest BCUT2D eigenvalue weighted by Crippen LogP contribution is 2.52. The largest absolute Gasteiger partial charge is 0.300 e. The molecule has 1 heterocycles. The summed E-state index contributed by atoms with van der Waals surface area (Å²) in [5, 5.41) is -0.0855. The van der Waals surface area contributed by atoms with Crippen LogP contribution in [0.2, 0.25) is 0 Å². The Morgan fingerprint density at radius 3 is 1.84 bits per heavy atom. The second-order valence-electron chi connectivity index (χ2n) is 5.03. The Balaban J connectivity index is 2.13. The van der Waals surface area contributed by atoms with Crippen LogP contribution in [0.3, 0.4) is 0 Å². The second kappa shape index (κ2) is 5.27. The molecule has 1 nitrogen and oxygen atoms in total. The van der Waals surface area contributed by atoms with E-state index in [-0.39, 0.29) is 5.16 Å². The number of carbonyl (C=O) groups excluding carboxylic acids is 1. The fourth-order valence-corrected chi connectivity index (χ4v) is 4.78.